The van der Waals surface area contributed by atoms with E-state index in [-0.39, 0.29) is 24.0 Å². The minimum absolute atomic E-state index is 0.0336. The highest BCUT2D eigenvalue weighted by atomic mass is 32.2. The van der Waals surface area contributed by atoms with Crippen LogP contribution in [0.3, 0.4) is 0 Å². The van der Waals surface area contributed by atoms with Gasteiger partial charge in [-0.3, -0.25) is 10.1 Å². The predicted octanol–water partition coefficient (Wildman–Crippen LogP) is 1.14. The zero-order valence-electron chi connectivity index (χ0n) is 13.7. The molecule has 2 saturated heterocycles. The lowest BCUT2D eigenvalue weighted by Crippen LogP contribution is -2.52. The molecule has 24 heavy (non-hydrogen) atoms. The van der Waals surface area contributed by atoms with Crippen molar-refractivity contribution in [3.05, 3.63) is 35.9 Å². The summed E-state index contributed by atoms with van der Waals surface area (Å²) in [4.78, 5) is 26.3. The normalized spacial score (nSPS) is 21.5. The first kappa shape index (κ1) is 17.1. The van der Waals surface area contributed by atoms with Crippen LogP contribution < -0.4 is 16.0 Å². The van der Waals surface area contributed by atoms with E-state index < -0.39 is 0 Å². The van der Waals surface area contributed by atoms with E-state index in [2.05, 4.69) is 16.0 Å². The fourth-order valence-corrected chi connectivity index (χ4v) is 3.97. The SMILES string of the molecule is O=C(NCc1ccccc1)NC1CCN(C(=O)C2CSCN2)CC1. The van der Waals surface area contributed by atoms with Crippen molar-refractivity contribution in [1.82, 2.24) is 20.9 Å². The van der Waals surface area contributed by atoms with E-state index in [0.29, 0.717) is 19.6 Å². The quantitative estimate of drug-likeness (QED) is 0.763. The Hall–Kier alpha value is -1.73. The molecule has 3 N–H and O–H groups in total. The molecule has 1 atom stereocenters. The molecule has 0 spiro atoms. The van der Waals surface area contributed by atoms with Gasteiger partial charge >= 0.3 is 6.03 Å². The summed E-state index contributed by atoms with van der Waals surface area (Å²) >= 11 is 1.76. The Morgan fingerprint density at radius 2 is 1.96 bits per heavy atom. The van der Waals surface area contributed by atoms with Gasteiger partial charge in [-0.25, -0.2) is 4.79 Å². The average molecular weight is 348 g/mol. The highest BCUT2D eigenvalue weighted by molar-refractivity contribution is 7.99. The molecule has 130 valence electrons. The number of hydrogen-bond donors (Lipinski definition) is 3. The van der Waals surface area contributed by atoms with E-state index in [4.69, 9.17) is 0 Å². The van der Waals surface area contributed by atoms with Gasteiger partial charge in [0.2, 0.25) is 5.91 Å². The molecule has 2 fully saturated rings. The van der Waals surface area contributed by atoms with E-state index >= 15 is 0 Å². The molecule has 0 radical (unpaired) electrons. The van der Waals surface area contributed by atoms with Gasteiger partial charge in [0, 0.05) is 37.3 Å². The summed E-state index contributed by atoms with van der Waals surface area (Å²) in [5, 5.41) is 9.11. The Balaban J connectivity index is 1.37. The van der Waals surface area contributed by atoms with E-state index in [9.17, 15) is 9.59 Å². The van der Waals surface area contributed by atoms with Gasteiger partial charge in [-0.15, -0.1) is 11.8 Å². The first-order chi connectivity index (χ1) is 11.7. The lowest BCUT2D eigenvalue weighted by atomic mass is 10.0. The summed E-state index contributed by atoms with van der Waals surface area (Å²) in [7, 11) is 0. The van der Waals surface area contributed by atoms with Crippen LogP contribution in [0.2, 0.25) is 0 Å². The second kappa shape index (κ2) is 8.39. The first-order valence-corrected chi connectivity index (χ1v) is 9.56. The molecule has 3 rings (SSSR count). The Morgan fingerprint density at radius 1 is 1.21 bits per heavy atom. The second-order valence-corrected chi connectivity index (χ2v) is 7.21. The number of rotatable bonds is 4. The van der Waals surface area contributed by atoms with Crippen molar-refractivity contribution in [2.45, 2.75) is 31.5 Å². The highest BCUT2D eigenvalue weighted by Gasteiger charge is 2.30. The fourth-order valence-electron chi connectivity index (χ4n) is 3.03. The average Bonchev–Trinajstić information content (AvgIpc) is 3.16. The number of carbonyl (C=O) groups excluding carboxylic acids is 2. The number of likely N-dealkylation sites (tertiary alicyclic amines) is 1. The molecule has 7 heteroatoms. The Kier molecular flexibility index (Phi) is 5.98. The maximum Gasteiger partial charge on any atom is 0.315 e. The zero-order chi connectivity index (χ0) is 16.8. The second-order valence-electron chi connectivity index (χ2n) is 6.18. The van der Waals surface area contributed by atoms with Crippen LogP contribution in [0.25, 0.3) is 0 Å². The number of piperidine rings is 1. The molecule has 2 heterocycles. The Morgan fingerprint density at radius 3 is 2.62 bits per heavy atom. The standard InChI is InChI=1S/C17H24N4O2S/c22-16(15-11-24-12-19-15)21-8-6-14(7-9-21)20-17(23)18-10-13-4-2-1-3-5-13/h1-5,14-15,19H,6-12H2,(H2,18,20,23). The maximum absolute atomic E-state index is 12.3. The third-order valence-corrected chi connectivity index (χ3v) is 5.39. The van der Waals surface area contributed by atoms with Gasteiger partial charge in [0.1, 0.15) is 0 Å². The van der Waals surface area contributed by atoms with Gasteiger partial charge in [0.15, 0.2) is 0 Å². The van der Waals surface area contributed by atoms with Gasteiger partial charge in [0.05, 0.1) is 6.04 Å². The summed E-state index contributed by atoms with van der Waals surface area (Å²) in [6, 6.07) is 9.80. The van der Waals surface area contributed by atoms with Crippen LogP contribution in [0.15, 0.2) is 30.3 Å². The summed E-state index contributed by atoms with van der Waals surface area (Å²) < 4.78 is 0. The van der Waals surface area contributed by atoms with Crippen molar-refractivity contribution in [3.63, 3.8) is 0 Å². The Labute approximate surface area is 146 Å². The van der Waals surface area contributed by atoms with Gasteiger partial charge in [0.25, 0.3) is 0 Å². The summed E-state index contributed by atoms with van der Waals surface area (Å²) in [5.74, 6) is 1.92. The van der Waals surface area contributed by atoms with Crippen molar-refractivity contribution in [1.29, 1.82) is 0 Å². The molecule has 0 aromatic heterocycles. The number of hydrogen-bond acceptors (Lipinski definition) is 4. The van der Waals surface area contributed by atoms with E-state index in [1.54, 1.807) is 11.8 Å². The molecule has 6 nitrogen and oxygen atoms in total. The van der Waals surface area contributed by atoms with E-state index in [1.165, 1.54) is 0 Å². The molecule has 0 bridgehead atoms. The number of thioether (sulfide) groups is 1. The van der Waals surface area contributed by atoms with Crippen molar-refractivity contribution >= 4 is 23.7 Å². The van der Waals surface area contributed by atoms with Crippen LogP contribution in [-0.2, 0) is 11.3 Å². The van der Waals surface area contributed by atoms with Crippen molar-refractivity contribution in [3.8, 4) is 0 Å². The van der Waals surface area contributed by atoms with Crippen LogP contribution >= 0.6 is 11.8 Å². The van der Waals surface area contributed by atoms with E-state index in [1.807, 2.05) is 35.2 Å². The maximum atomic E-state index is 12.3. The smallest absolute Gasteiger partial charge is 0.315 e. The van der Waals surface area contributed by atoms with Crippen LogP contribution in [0.4, 0.5) is 4.79 Å². The van der Waals surface area contributed by atoms with Crippen molar-refractivity contribution in [2.24, 2.45) is 0 Å². The summed E-state index contributed by atoms with van der Waals surface area (Å²) in [5.41, 5.74) is 1.08. The van der Waals surface area contributed by atoms with Crippen LogP contribution in [0.5, 0.6) is 0 Å². The molecule has 0 aliphatic carbocycles. The number of nitrogens with zero attached hydrogens (tertiary/aromatic N) is 1. The predicted molar refractivity (Wildman–Crippen MR) is 95.7 cm³/mol. The molecule has 2 aliphatic heterocycles. The summed E-state index contributed by atoms with van der Waals surface area (Å²) in [6.45, 7) is 1.95. The molecular weight excluding hydrogens is 324 g/mol. The van der Waals surface area contributed by atoms with Gasteiger partial charge in [-0.1, -0.05) is 30.3 Å². The molecule has 3 amide bonds. The Bertz CT molecular complexity index is 555. The van der Waals surface area contributed by atoms with Gasteiger partial charge < -0.3 is 15.5 Å². The molecule has 1 aromatic carbocycles. The minimum Gasteiger partial charge on any atom is -0.341 e. The van der Waals surface area contributed by atoms with E-state index in [0.717, 1.165) is 30.0 Å². The van der Waals surface area contributed by atoms with Crippen LogP contribution in [-0.4, -0.2) is 53.6 Å². The van der Waals surface area contributed by atoms with Crippen molar-refractivity contribution < 1.29 is 9.59 Å². The third kappa shape index (κ3) is 4.64. The van der Waals surface area contributed by atoms with Crippen LogP contribution in [0.1, 0.15) is 18.4 Å². The molecule has 1 unspecified atom stereocenters. The largest absolute Gasteiger partial charge is 0.341 e. The van der Waals surface area contributed by atoms with Crippen molar-refractivity contribution in [2.75, 3.05) is 24.7 Å². The number of nitrogens with one attached hydrogen (secondary N) is 3. The molecule has 0 saturated carbocycles. The number of benzene rings is 1. The molecular formula is C17H24N4O2S. The minimum atomic E-state index is -0.141. The fraction of sp³-hybridized carbons (Fsp3) is 0.529. The molecule has 2 aliphatic rings. The molecule has 1 aromatic rings. The monoisotopic (exact) mass is 348 g/mol. The van der Waals surface area contributed by atoms with Gasteiger partial charge in [-0.05, 0) is 18.4 Å². The first-order valence-electron chi connectivity index (χ1n) is 8.40. The number of urea groups is 1. The van der Waals surface area contributed by atoms with Crippen LogP contribution in [0, 0.1) is 0 Å². The topological polar surface area (TPSA) is 73.5 Å². The zero-order valence-corrected chi connectivity index (χ0v) is 14.5. The lowest BCUT2D eigenvalue weighted by Gasteiger charge is -2.33. The number of amides is 3. The highest BCUT2D eigenvalue weighted by Crippen LogP contribution is 2.16. The van der Waals surface area contributed by atoms with Gasteiger partial charge in [-0.2, -0.15) is 0 Å². The third-order valence-electron chi connectivity index (χ3n) is 4.45. The number of carbonyl (C=O) groups is 2. The lowest BCUT2D eigenvalue weighted by molar-refractivity contribution is -0.133. The summed E-state index contributed by atoms with van der Waals surface area (Å²) in [6.07, 6.45) is 1.62.